The second-order valence-electron chi connectivity index (χ2n) is 3.03. The summed E-state index contributed by atoms with van der Waals surface area (Å²) >= 11 is 5.58. The van der Waals surface area contributed by atoms with Gasteiger partial charge in [-0.15, -0.1) is 10.2 Å². The molecule has 0 spiro atoms. The minimum Gasteiger partial charge on any atom is -0.364 e. The van der Waals surface area contributed by atoms with Gasteiger partial charge in [0.1, 0.15) is 5.82 Å². The summed E-state index contributed by atoms with van der Waals surface area (Å²) in [5.74, 6) is 0.318. The SMILES string of the molecule is C=C(Cl)CNc1ccc(C(=O)NCC)nn1. The van der Waals surface area contributed by atoms with E-state index in [2.05, 4.69) is 27.4 Å². The molecule has 0 saturated carbocycles. The maximum atomic E-state index is 11.4. The normalized spacial score (nSPS) is 9.62. The van der Waals surface area contributed by atoms with Gasteiger partial charge in [-0.1, -0.05) is 18.2 Å². The molecule has 1 amide bonds. The first kappa shape index (κ1) is 12.4. The summed E-state index contributed by atoms with van der Waals surface area (Å²) in [4.78, 5) is 11.4. The van der Waals surface area contributed by atoms with Crippen molar-refractivity contribution >= 4 is 23.3 Å². The lowest BCUT2D eigenvalue weighted by Crippen LogP contribution is -2.24. The van der Waals surface area contributed by atoms with Crippen molar-refractivity contribution in [1.29, 1.82) is 0 Å². The standard InChI is InChI=1S/C10H13ClN4O/c1-3-12-10(16)8-4-5-9(15-14-8)13-6-7(2)11/h4-5H,2-3,6H2,1H3,(H,12,16)(H,13,15). The van der Waals surface area contributed by atoms with Crippen LogP contribution in [0.5, 0.6) is 0 Å². The molecule has 0 aromatic carbocycles. The van der Waals surface area contributed by atoms with Crippen LogP contribution in [0, 0.1) is 0 Å². The highest BCUT2D eigenvalue weighted by molar-refractivity contribution is 6.29. The van der Waals surface area contributed by atoms with Crippen LogP contribution in [0.1, 0.15) is 17.4 Å². The Kier molecular flexibility index (Phi) is 4.72. The number of hydrogen-bond donors (Lipinski definition) is 2. The van der Waals surface area contributed by atoms with Gasteiger partial charge in [0.05, 0.1) is 6.54 Å². The Bertz CT molecular complexity index is 377. The van der Waals surface area contributed by atoms with Crippen molar-refractivity contribution in [3.8, 4) is 0 Å². The van der Waals surface area contributed by atoms with Crippen LogP contribution in [-0.2, 0) is 0 Å². The topological polar surface area (TPSA) is 66.9 Å². The van der Waals surface area contributed by atoms with E-state index in [-0.39, 0.29) is 11.6 Å². The minimum absolute atomic E-state index is 0.233. The van der Waals surface area contributed by atoms with Crippen molar-refractivity contribution in [3.63, 3.8) is 0 Å². The average Bonchev–Trinajstić information content (AvgIpc) is 2.27. The van der Waals surface area contributed by atoms with Crippen LogP contribution in [0.4, 0.5) is 5.82 Å². The fourth-order valence-electron chi connectivity index (χ4n) is 0.985. The zero-order chi connectivity index (χ0) is 12.0. The van der Waals surface area contributed by atoms with Crippen molar-refractivity contribution in [2.75, 3.05) is 18.4 Å². The van der Waals surface area contributed by atoms with Gasteiger partial charge in [-0.25, -0.2) is 0 Å². The van der Waals surface area contributed by atoms with Gasteiger partial charge in [-0.2, -0.15) is 0 Å². The zero-order valence-corrected chi connectivity index (χ0v) is 9.71. The van der Waals surface area contributed by atoms with Gasteiger partial charge < -0.3 is 10.6 Å². The highest BCUT2D eigenvalue weighted by Gasteiger charge is 2.06. The highest BCUT2D eigenvalue weighted by Crippen LogP contribution is 2.04. The molecule has 1 aromatic rings. The molecule has 16 heavy (non-hydrogen) atoms. The molecule has 6 heteroatoms. The minimum atomic E-state index is -0.233. The van der Waals surface area contributed by atoms with E-state index in [0.717, 1.165) is 0 Å². The monoisotopic (exact) mass is 240 g/mol. The van der Waals surface area contributed by atoms with Crippen LogP contribution in [0.25, 0.3) is 0 Å². The summed E-state index contributed by atoms with van der Waals surface area (Å²) in [6.07, 6.45) is 0. The molecule has 0 bridgehead atoms. The van der Waals surface area contributed by atoms with Crippen molar-refractivity contribution in [3.05, 3.63) is 29.4 Å². The van der Waals surface area contributed by atoms with Gasteiger partial charge in [0.2, 0.25) is 0 Å². The lowest BCUT2D eigenvalue weighted by molar-refractivity contribution is 0.0950. The largest absolute Gasteiger partial charge is 0.364 e. The molecule has 5 nitrogen and oxygen atoms in total. The highest BCUT2D eigenvalue weighted by atomic mass is 35.5. The Morgan fingerprint density at radius 3 is 2.75 bits per heavy atom. The van der Waals surface area contributed by atoms with E-state index < -0.39 is 0 Å². The number of nitrogens with zero attached hydrogens (tertiary/aromatic N) is 2. The molecular formula is C10H13ClN4O. The zero-order valence-electron chi connectivity index (χ0n) is 8.96. The van der Waals surface area contributed by atoms with E-state index in [1.807, 2.05) is 6.92 Å². The second-order valence-corrected chi connectivity index (χ2v) is 3.57. The molecule has 1 heterocycles. The quantitative estimate of drug-likeness (QED) is 0.816. The number of amides is 1. The lowest BCUT2D eigenvalue weighted by Gasteiger charge is -2.04. The third-order valence-electron chi connectivity index (χ3n) is 1.70. The van der Waals surface area contributed by atoms with Gasteiger partial charge in [-0.05, 0) is 19.1 Å². The smallest absolute Gasteiger partial charge is 0.271 e. The molecule has 0 saturated heterocycles. The van der Waals surface area contributed by atoms with Gasteiger partial charge in [0.25, 0.3) is 5.91 Å². The Morgan fingerprint density at radius 1 is 1.50 bits per heavy atom. The summed E-state index contributed by atoms with van der Waals surface area (Å²) in [7, 11) is 0. The van der Waals surface area contributed by atoms with Gasteiger partial charge in [0.15, 0.2) is 5.69 Å². The fraction of sp³-hybridized carbons (Fsp3) is 0.300. The summed E-state index contributed by atoms with van der Waals surface area (Å²) < 4.78 is 0. The first-order chi connectivity index (χ1) is 7.63. The Balaban J connectivity index is 2.60. The maximum Gasteiger partial charge on any atom is 0.271 e. The van der Waals surface area contributed by atoms with Crippen molar-refractivity contribution in [2.24, 2.45) is 0 Å². The molecular weight excluding hydrogens is 228 g/mol. The lowest BCUT2D eigenvalue weighted by atomic mass is 10.3. The molecule has 0 aliphatic carbocycles. The Hall–Kier alpha value is -1.62. The summed E-state index contributed by atoms with van der Waals surface area (Å²) in [5.41, 5.74) is 0.289. The van der Waals surface area contributed by atoms with Crippen LogP contribution in [-0.4, -0.2) is 29.2 Å². The predicted molar refractivity (Wildman–Crippen MR) is 63.5 cm³/mol. The predicted octanol–water partition coefficient (Wildman–Crippen LogP) is 1.39. The molecule has 0 aliphatic heterocycles. The first-order valence-corrected chi connectivity index (χ1v) is 5.20. The van der Waals surface area contributed by atoms with Crippen LogP contribution >= 0.6 is 11.6 Å². The van der Waals surface area contributed by atoms with Crippen molar-refractivity contribution < 1.29 is 4.79 Å². The number of hydrogen-bond acceptors (Lipinski definition) is 4. The van der Waals surface area contributed by atoms with Crippen LogP contribution < -0.4 is 10.6 Å². The van der Waals surface area contributed by atoms with E-state index in [0.29, 0.717) is 23.9 Å². The number of anilines is 1. The van der Waals surface area contributed by atoms with Gasteiger partial charge >= 0.3 is 0 Å². The molecule has 0 unspecified atom stereocenters. The van der Waals surface area contributed by atoms with Crippen molar-refractivity contribution in [2.45, 2.75) is 6.92 Å². The molecule has 1 aromatic heterocycles. The molecule has 0 aliphatic rings. The maximum absolute atomic E-state index is 11.4. The number of aromatic nitrogens is 2. The fourth-order valence-corrected chi connectivity index (χ4v) is 1.05. The van der Waals surface area contributed by atoms with Crippen molar-refractivity contribution in [1.82, 2.24) is 15.5 Å². The summed E-state index contributed by atoms with van der Waals surface area (Å²) in [6.45, 7) is 6.35. The van der Waals surface area contributed by atoms with E-state index in [1.54, 1.807) is 12.1 Å². The Morgan fingerprint density at radius 2 is 2.25 bits per heavy atom. The van der Waals surface area contributed by atoms with Gasteiger partial charge in [0, 0.05) is 11.6 Å². The molecule has 0 radical (unpaired) electrons. The van der Waals surface area contributed by atoms with Crippen LogP contribution in [0.2, 0.25) is 0 Å². The third-order valence-corrected chi connectivity index (χ3v) is 1.83. The average molecular weight is 241 g/mol. The summed E-state index contributed by atoms with van der Waals surface area (Å²) in [5, 5.41) is 13.6. The Labute approximate surface area is 98.9 Å². The number of rotatable bonds is 5. The van der Waals surface area contributed by atoms with Crippen LogP contribution in [0.15, 0.2) is 23.7 Å². The van der Waals surface area contributed by atoms with Crippen LogP contribution in [0.3, 0.4) is 0 Å². The van der Waals surface area contributed by atoms with E-state index >= 15 is 0 Å². The van der Waals surface area contributed by atoms with Gasteiger partial charge in [-0.3, -0.25) is 4.79 Å². The first-order valence-electron chi connectivity index (χ1n) is 4.82. The number of halogens is 1. The molecule has 0 fully saturated rings. The molecule has 2 N–H and O–H groups in total. The van der Waals surface area contributed by atoms with E-state index in [9.17, 15) is 4.79 Å². The molecule has 86 valence electrons. The second kappa shape index (κ2) is 6.07. The number of nitrogens with one attached hydrogen (secondary N) is 2. The van der Waals surface area contributed by atoms with E-state index in [1.165, 1.54) is 0 Å². The van der Waals surface area contributed by atoms with E-state index in [4.69, 9.17) is 11.6 Å². The number of carbonyl (C=O) groups excluding carboxylic acids is 1. The third kappa shape index (κ3) is 3.86. The summed E-state index contributed by atoms with van der Waals surface area (Å²) in [6, 6.07) is 3.26. The number of carbonyl (C=O) groups is 1. The molecule has 0 atom stereocenters. The molecule has 1 rings (SSSR count).